The Morgan fingerprint density at radius 3 is 2.29 bits per heavy atom. The number of nitrogens with one attached hydrogen (secondary N) is 1. The molecular formula is C14H25BrN2O2S2. The number of aryl methyl sites for hydroxylation is 1. The lowest BCUT2D eigenvalue weighted by Gasteiger charge is -2.31. The van der Waals surface area contributed by atoms with E-state index < -0.39 is 10.0 Å². The Morgan fingerprint density at radius 2 is 1.90 bits per heavy atom. The summed E-state index contributed by atoms with van der Waals surface area (Å²) in [6, 6.07) is 1.91. The molecule has 1 unspecified atom stereocenters. The van der Waals surface area contributed by atoms with Crippen LogP contribution < -0.4 is 4.72 Å². The summed E-state index contributed by atoms with van der Waals surface area (Å²) in [6.07, 6.45) is 2.09. The highest BCUT2D eigenvalue weighted by Crippen LogP contribution is 2.30. The minimum atomic E-state index is -3.43. The molecule has 1 heterocycles. The van der Waals surface area contributed by atoms with Gasteiger partial charge in [0.1, 0.15) is 4.21 Å². The van der Waals surface area contributed by atoms with Crippen molar-refractivity contribution in [3.05, 3.63) is 15.4 Å². The van der Waals surface area contributed by atoms with Gasteiger partial charge in [0.2, 0.25) is 10.0 Å². The van der Waals surface area contributed by atoms with Gasteiger partial charge in [-0.15, -0.1) is 11.3 Å². The lowest BCUT2D eigenvalue weighted by molar-refractivity contribution is 0.201. The minimum Gasteiger partial charge on any atom is -0.305 e. The van der Waals surface area contributed by atoms with E-state index in [9.17, 15) is 8.42 Å². The lowest BCUT2D eigenvalue weighted by Crippen LogP contribution is -2.44. The van der Waals surface area contributed by atoms with E-state index in [1.54, 1.807) is 6.07 Å². The summed E-state index contributed by atoms with van der Waals surface area (Å²) in [5.74, 6) is 0.486. The standard InChI is InChI=1S/C14H25BrN2O2S2/c1-6-11(7-2)12(17(4)5)9-16-21(18,19)13-8-10(3)14(15)20-13/h8,11-12,16H,6-7,9H2,1-5H3. The van der Waals surface area contributed by atoms with E-state index in [0.29, 0.717) is 16.7 Å². The van der Waals surface area contributed by atoms with Gasteiger partial charge in [-0.05, 0) is 54.5 Å². The van der Waals surface area contributed by atoms with E-state index in [1.165, 1.54) is 11.3 Å². The zero-order chi connectivity index (χ0) is 16.2. The van der Waals surface area contributed by atoms with E-state index in [-0.39, 0.29) is 6.04 Å². The first-order valence-electron chi connectivity index (χ1n) is 7.14. The third-order valence-electron chi connectivity index (χ3n) is 3.84. The number of hydrogen-bond acceptors (Lipinski definition) is 4. The largest absolute Gasteiger partial charge is 0.305 e. The molecule has 4 nitrogen and oxygen atoms in total. The van der Waals surface area contributed by atoms with Crippen LogP contribution >= 0.6 is 27.3 Å². The predicted molar refractivity (Wildman–Crippen MR) is 93.5 cm³/mol. The number of nitrogens with zero attached hydrogens (tertiary/aromatic N) is 1. The van der Waals surface area contributed by atoms with Crippen LogP contribution in [0.3, 0.4) is 0 Å². The first kappa shape index (κ1) is 19.1. The number of hydrogen-bond donors (Lipinski definition) is 1. The first-order chi connectivity index (χ1) is 9.72. The van der Waals surface area contributed by atoms with Crippen LogP contribution in [-0.2, 0) is 10.0 Å². The van der Waals surface area contributed by atoms with Gasteiger partial charge in [-0.1, -0.05) is 26.7 Å². The molecule has 7 heteroatoms. The summed E-state index contributed by atoms with van der Waals surface area (Å²) < 4.78 is 28.8. The van der Waals surface area contributed by atoms with Gasteiger partial charge in [0.05, 0.1) is 3.79 Å². The molecule has 0 fully saturated rings. The fraction of sp³-hybridized carbons (Fsp3) is 0.714. The smallest absolute Gasteiger partial charge is 0.250 e. The lowest BCUT2D eigenvalue weighted by atomic mass is 9.93. The van der Waals surface area contributed by atoms with E-state index in [2.05, 4.69) is 39.4 Å². The second-order valence-electron chi connectivity index (χ2n) is 5.48. The van der Waals surface area contributed by atoms with Gasteiger partial charge in [-0.25, -0.2) is 13.1 Å². The van der Waals surface area contributed by atoms with Crippen molar-refractivity contribution in [3.63, 3.8) is 0 Å². The second kappa shape index (κ2) is 8.06. The second-order valence-corrected chi connectivity index (χ2v) is 9.85. The van der Waals surface area contributed by atoms with Crippen molar-refractivity contribution in [2.24, 2.45) is 5.92 Å². The third kappa shape index (κ3) is 5.03. The highest BCUT2D eigenvalue weighted by Gasteiger charge is 2.24. The molecule has 0 radical (unpaired) electrons. The molecule has 0 aliphatic carbocycles. The Hall–Kier alpha value is 0.0500. The summed E-state index contributed by atoms with van der Waals surface area (Å²) in [7, 11) is 0.578. The molecule has 122 valence electrons. The molecule has 0 spiro atoms. The SMILES string of the molecule is CCC(CC)C(CNS(=O)(=O)c1cc(C)c(Br)s1)N(C)C. The average Bonchev–Trinajstić information content (AvgIpc) is 2.75. The van der Waals surface area contributed by atoms with Gasteiger partial charge < -0.3 is 4.90 Å². The molecule has 1 N–H and O–H groups in total. The number of halogens is 1. The number of sulfonamides is 1. The summed E-state index contributed by atoms with van der Waals surface area (Å²) in [4.78, 5) is 2.11. The van der Waals surface area contributed by atoms with Crippen molar-refractivity contribution in [2.75, 3.05) is 20.6 Å². The number of likely N-dealkylation sites (N-methyl/N-ethyl adjacent to an activating group) is 1. The van der Waals surface area contributed by atoms with Crippen molar-refractivity contribution in [1.82, 2.24) is 9.62 Å². The van der Waals surface area contributed by atoms with Gasteiger partial charge in [-0.3, -0.25) is 0 Å². The van der Waals surface area contributed by atoms with Crippen LogP contribution in [0.1, 0.15) is 32.3 Å². The van der Waals surface area contributed by atoms with E-state index in [4.69, 9.17) is 0 Å². The Balaban J connectivity index is 2.83. The Labute approximate surface area is 141 Å². The van der Waals surface area contributed by atoms with Crippen molar-refractivity contribution in [3.8, 4) is 0 Å². The van der Waals surface area contributed by atoms with Crippen molar-refractivity contribution in [2.45, 2.75) is 43.9 Å². The topological polar surface area (TPSA) is 49.4 Å². The Morgan fingerprint density at radius 1 is 1.33 bits per heavy atom. The third-order valence-corrected chi connectivity index (χ3v) is 7.87. The maximum absolute atomic E-state index is 12.4. The zero-order valence-corrected chi connectivity index (χ0v) is 16.5. The number of thiophene rings is 1. The minimum absolute atomic E-state index is 0.208. The molecule has 0 aliphatic heterocycles. The van der Waals surface area contributed by atoms with Crippen LogP contribution in [0, 0.1) is 12.8 Å². The maximum Gasteiger partial charge on any atom is 0.250 e. The highest BCUT2D eigenvalue weighted by molar-refractivity contribution is 9.11. The molecule has 0 aromatic carbocycles. The molecule has 0 saturated carbocycles. The zero-order valence-electron chi connectivity index (χ0n) is 13.3. The normalized spacial score (nSPS) is 14.1. The van der Waals surface area contributed by atoms with Crippen LogP contribution in [0.25, 0.3) is 0 Å². The van der Waals surface area contributed by atoms with Gasteiger partial charge in [0, 0.05) is 12.6 Å². The molecule has 0 bridgehead atoms. The molecule has 1 aromatic rings. The van der Waals surface area contributed by atoms with Gasteiger partial charge in [-0.2, -0.15) is 0 Å². The molecule has 1 rings (SSSR count). The number of rotatable bonds is 8. The maximum atomic E-state index is 12.4. The van der Waals surface area contributed by atoms with E-state index >= 15 is 0 Å². The summed E-state index contributed by atoms with van der Waals surface area (Å²) in [6.45, 7) is 6.64. The highest BCUT2D eigenvalue weighted by atomic mass is 79.9. The summed E-state index contributed by atoms with van der Waals surface area (Å²) in [5, 5.41) is 0. The van der Waals surface area contributed by atoms with Crippen molar-refractivity contribution < 1.29 is 8.42 Å². The fourth-order valence-corrected chi connectivity index (χ4v) is 5.76. The summed E-state index contributed by atoms with van der Waals surface area (Å²) >= 11 is 4.63. The Bertz CT molecular complexity index is 532. The van der Waals surface area contributed by atoms with E-state index in [1.807, 2.05) is 21.0 Å². The van der Waals surface area contributed by atoms with Crippen LogP contribution in [0.2, 0.25) is 0 Å². The van der Waals surface area contributed by atoms with Gasteiger partial charge >= 0.3 is 0 Å². The average molecular weight is 397 g/mol. The molecule has 1 atom stereocenters. The molecule has 21 heavy (non-hydrogen) atoms. The van der Waals surface area contributed by atoms with Crippen LogP contribution in [0.5, 0.6) is 0 Å². The quantitative estimate of drug-likeness (QED) is 0.731. The van der Waals surface area contributed by atoms with Crippen LogP contribution in [-0.4, -0.2) is 40.0 Å². The predicted octanol–water partition coefficient (Wildman–Crippen LogP) is 3.46. The van der Waals surface area contributed by atoms with Crippen LogP contribution in [0.15, 0.2) is 14.1 Å². The summed E-state index contributed by atoms with van der Waals surface area (Å²) in [5.41, 5.74) is 0.949. The molecular weight excluding hydrogens is 372 g/mol. The first-order valence-corrected chi connectivity index (χ1v) is 10.2. The molecule has 0 saturated heterocycles. The molecule has 0 aliphatic rings. The van der Waals surface area contributed by atoms with Gasteiger partial charge in [0.15, 0.2) is 0 Å². The van der Waals surface area contributed by atoms with Crippen LogP contribution in [0.4, 0.5) is 0 Å². The molecule has 1 aromatic heterocycles. The van der Waals surface area contributed by atoms with Crippen molar-refractivity contribution >= 4 is 37.3 Å². The molecule has 0 amide bonds. The van der Waals surface area contributed by atoms with Crippen molar-refractivity contribution in [1.29, 1.82) is 0 Å². The monoisotopic (exact) mass is 396 g/mol. The fourth-order valence-electron chi connectivity index (χ4n) is 2.43. The van der Waals surface area contributed by atoms with Gasteiger partial charge in [0.25, 0.3) is 0 Å². The van der Waals surface area contributed by atoms with E-state index in [0.717, 1.165) is 22.2 Å². The Kier molecular flexibility index (Phi) is 7.33.